The lowest BCUT2D eigenvalue weighted by atomic mass is 9.81. The third kappa shape index (κ3) is 1.97. The molecule has 114 valence electrons. The number of nitrogens with zero attached hydrogens (tertiary/aromatic N) is 2. The largest absolute Gasteiger partial charge is 0.464 e. The van der Waals surface area contributed by atoms with Crippen LogP contribution in [0.25, 0.3) is 0 Å². The van der Waals surface area contributed by atoms with E-state index in [0.29, 0.717) is 10.7 Å². The number of rotatable bonds is 2. The minimum Gasteiger partial charge on any atom is -0.464 e. The van der Waals surface area contributed by atoms with Crippen molar-refractivity contribution in [2.24, 2.45) is 10.5 Å². The smallest absolute Gasteiger partial charge is 0.355 e. The second-order valence-electron chi connectivity index (χ2n) is 5.06. The van der Waals surface area contributed by atoms with E-state index in [0.717, 1.165) is 4.90 Å². The standard InChI is InChI=1S/C14H12ClN3O4/c1-22-12(20)11-14(7-16-17-11)6-10(19)18(13(14)21)9-4-2-3-8(15)5-9/h2-5,16H,6-7H2,1H3. The van der Waals surface area contributed by atoms with Gasteiger partial charge < -0.3 is 10.2 Å². The van der Waals surface area contributed by atoms with Crippen LogP contribution in [-0.4, -0.2) is 37.1 Å². The topological polar surface area (TPSA) is 88.1 Å². The molecule has 1 atom stereocenters. The molecule has 0 radical (unpaired) electrons. The highest BCUT2D eigenvalue weighted by molar-refractivity contribution is 6.47. The Morgan fingerprint density at radius 1 is 1.45 bits per heavy atom. The zero-order chi connectivity index (χ0) is 15.9. The number of anilines is 1. The van der Waals surface area contributed by atoms with Crippen molar-refractivity contribution in [2.45, 2.75) is 6.42 Å². The van der Waals surface area contributed by atoms with Crippen LogP contribution in [0.5, 0.6) is 0 Å². The van der Waals surface area contributed by atoms with Crippen molar-refractivity contribution in [3.05, 3.63) is 29.3 Å². The number of nitrogens with one attached hydrogen (secondary N) is 1. The number of hydrogen-bond donors (Lipinski definition) is 1. The van der Waals surface area contributed by atoms with Gasteiger partial charge in [0.1, 0.15) is 5.41 Å². The highest BCUT2D eigenvalue weighted by Gasteiger charge is 2.59. The van der Waals surface area contributed by atoms with Gasteiger partial charge in [0, 0.05) is 11.4 Å². The summed E-state index contributed by atoms with van der Waals surface area (Å²) in [6.45, 7) is 0.0824. The molecular formula is C14H12ClN3O4. The minimum absolute atomic E-state index is 0.0714. The van der Waals surface area contributed by atoms with Crippen LogP contribution in [0.3, 0.4) is 0 Å². The Balaban J connectivity index is 2.02. The van der Waals surface area contributed by atoms with Crippen molar-refractivity contribution >= 4 is 40.8 Å². The number of halogens is 1. The Hall–Kier alpha value is -2.41. The molecule has 2 heterocycles. The van der Waals surface area contributed by atoms with E-state index in [2.05, 4.69) is 15.3 Å². The second kappa shape index (κ2) is 5.10. The highest BCUT2D eigenvalue weighted by Crippen LogP contribution is 2.39. The molecule has 1 fully saturated rings. The molecule has 0 aliphatic carbocycles. The van der Waals surface area contributed by atoms with Crippen LogP contribution in [0.1, 0.15) is 6.42 Å². The summed E-state index contributed by atoms with van der Waals surface area (Å²) >= 11 is 5.91. The lowest BCUT2D eigenvalue weighted by molar-refractivity contribution is -0.134. The van der Waals surface area contributed by atoms with E-state index in [1.807, 2.05) is 0 Å². The molecule has 7 nitrogen and oxygen atoms in total. The van der Waals surface area contributed by atoms with Crippen molar-refractivity contribution in [3.8, 4) is 0 Å². The van der Waals surface area contributed by atoms with Crippen LogP contribution in [0.15, 0.2) is 29.4 Å². The summed E-state index contributed by atoms with van der Waals surface area (Å²) in [5.74, 6) is -1.64. The van der Waals surface area contributed by atoms with E-state index in [4.69, 9.17) is 11.6 Å². The van der Waals surface area contributed by atoms with Gasteiger partial charge in [0.15, 0.2) is 5.71 Å². The number of hydrazone groups is 1. The fraction of sp³-hybridized carbons (Fsp3) is 0.286. The van der Waals surface area contributed by atoms with Gasteiger partial charge in [0.2, 0.25) is 11.8 Å². The van der Waals surface area contributed by atoms with Crippen LogP contribution in [0, 0.1) is 5.41 Å². The van der Waals surface area contributed by atoms with Gasteiger partial charge in [-0.2, -0.15) is 5.10 Å². The molecule has 1 saturated heterocycles. The first-order valence-electron chi connectivity index (χ1n) is 6.52. The van der Waals surface area contributed by atoms with Crippen LogP contribution in [0.4, 0.5) is 5.69 Å². The number of amides is 2. The van der Waals surface area contributed by atoms with Gasteiger partial charge in [-0.15, -0.1) is 0 Å². The Labute approximate surface area is 130 Å². The Morgan fingerprint density at radius 3 is 2.91 bits per heavy atom. The van der Waals surface area contributed by atoms with E-state index < -0.39 is 23.2 Å². The first-order chi connectivity index (χ1) is 10.5. The number of benzene rings is 1. The fourth-order valence-corrected chi connectivity index (χ4v) is 2.91. The molecule has 1 aromatic rings. The van der Waals surface area contributed by atoms with E-state index in [-0.39, 0.29) is 18.7 Å². The van der Waals surface area contributed by atoms with E-state index in [9.17, 15) is 14.4 Å². The third-order valence-corrected chi connectivity index (χ3v) is 4.02. The van der Waals surface area contributed by atoms with Gasteiger partial charge >= 0.3 is 5.97 Å². The summed E-state index contributed by atoms with van der Waals surface area (Å²) in [4.78, 5) is 38.0. The lowest BCUT2D eigenvalue weighted by Crippen LogP contribution is -2.45. The van der Waals surface area contributed by atoms with Crippen LogP contribution < -0.4 is 10.3 Å². The second-order valence-corrected chi connectivity index (χ2v) is 5.50. The molecular weight excluding hydrogens is 310 g/mol. The number of carbonyl (C=O) groups excluding carboxylic acids is 3. The summed E-state index contributed by atoms with van der Waals surface area (Å²) in [5, 5.41) is 4.25. The van der Waals surface area contributed by atoms with Gasteiger partial charge in [-0.1, -0.05) is 17.7 Å². The van der Waals surface area contributed by atoms with Crippen molar-refractivity contribution in [1.29, 1.82) is 0 Å². The van der Waals surface area contributed by atoms with Crippen molar-refractivity contribution in [1.82, 2.24) is 5.43 Å². The van der Waals surface area contributed by atoms with Gasteiger partial charge in [0.25, 0.3) is 0 Å². The molecule has 22 heavy (non-hydrogen) atoms. The number of esters is 1. The van der Waals surface area contributed by atoms with Crippen molar-refractivity contribution in [3.63, 3.8) is 0 Å². The number of carbonyl (C=O) groups is 3. The Morgan fingerprint density at radius 2 is 2.23 bits per heavy atom. The molecule has 2 aliphatic heterocycles. The quantitative estimate of drug-likeness (QED) is 0.640. The number of imide groups is 1. The van der Waals surface area contributed by atoms with Gasteiger partial charge in [-0.3, -0.25) is 9.59 Å². The molecule has 8 heteroatoms. The average molecular weight is 322 g/mol. The van der Waals surface area contributed by atoms with Gasteiger partial charge in [0.05, 0.1) is 19.3 Å². The normalized spacial score (nSPS) is 23.7. The maximum atomic E-state index is 12.8. The molecule has 0 saturated carbocycles. The Kier molecular flexibility index (Phi) is 3.37. The van der Waals surface area contributed by atoms with E-state index in [1.165, 1.54) is 13.2 Å². The van der Waals surface area contributed by atoms with Gasteiger partial charge in [-0.25, -0.2) is 9.69 Å². The first-order valence-corrected chi connectivity index (χ1v) is 6.90. The summed E-state index contributed by atoms with van der Waals surface area (Å²) in [5.41, 5.74) is 1.60. The average Bonchev–Trinajstić information content (AvgIpc) is 3.01. The van der Waals surface area contributed by atoms with Gasteiger partial charge in [-0.05, 0) is 18.2 Å². The summed E-state index contributed by atoms with van der Waals surface area (Å²) in [7, 11) is 1.20. The summed E-state index contributed by atoms with van der Waals surface area (Å²) in [6.07, 6.45) is -0.140. The molecule has 1 unspecified atom stereocenters. The molecule has 0 bridgehead atoms. The first kappa shape index (κ1) is 14.5. The number of methoxy groups -OCH3 is 1. The fourth-order valence-electron chi connectivity index (χ4n) is 2.72. The zero-order valence-corrected chi connectivity index (χ0v) is 12.4. The Bertz CT molecular complexity index is 718. The molecule has 1 aromatic carbocycles. The van der Waals surface area contributed by atoms with Crippen LogP contribution in [-0.2, 0) is 19.1 Å². The molecule has 2 aliphatic rings. The predicted octanol–water partition coefficient (Wildman–Crippen LogP) is 0.722. The van der Waals surface area contributed by atoms with Crippen molar-refractivity contribution < 1.29 is 19.1 Å². The number of ether oxygens (including phenoxy) is 1. The van der Waals surface area contributed by atoms with Crippen LogP contribution >= 0.6 is 11.6 Å². The maximum absolute atomic E-state index is 12.8. The number of hydrogen-bond acceptors (Lipinski definition) is 6. The lowest BCUT2D eigenvalue weighted by Gasteiger charge is -2.21. The highest BCUT2D eigenvalue weighted by atomic mass is 35.5. The minimum atomic E-state index is -1.31. The molecule has 2 amide bonds. The van der Waals surface area contributed by atoms with E-state index >= 15 is 0 Å². The SMILES string of the molecule is COC(=O)C1=NNCC12CC(=O)N(c1cccc(Cl)c1)C2=O. The summed E-state index contributed by atoms with van der Waals surface area (Å²) in [6, 6.07) is 6.42. The van der Waals surface area contributed by atoms with Crippen molar-refractivity contribution in [2.75, 3.05) is 18.6 Å². The maximum Gasteiger partial charge on any atom is 0.355 e. The predicted molar refractivity (Wildman–Crippen MR) is 78.4 cm³/mol. The molecule has 0 aromatic heterocycles. The molecule has 3 rings (SSSR count). The third-order valence-electron chi connectivity index (χ3n) is 3.79. The van der Waals surface area contributed by atoms with E-state index in [1.54, 1.807) is 18.2 Å². The zero-order valence-electron chi connectivity index (χ0n) is 11.6. The monoisotopic (exact) mass is 321 g/mol. The van der Waals surface area contributed by atoms with Crippen LogP contribution in [0.2, 0.25) is 5.02 Å². The molecule has 1 N–H and O–H groups in total. The molecule has 1 spiro atoms. The summed E-state index contributed by atoms with van der Waals surface area (Å²) < 4.78 is 4.65.